The van der Waals surface area contributed by atoms with Crippen LogP contribution in [0.15, 0.2) is 64.2 Å². The summed E-state index contributed by atoms with van der Waals surface area (Å²) in [5.74, 6) is -0.429. The van der Waals surface area contributed by atoms with Gasteiger partial charge in [-0.05, 0) is 48.4 Å². The first-order valence-electron chi connectivity index (χ1n) is 10.8. The number of nitrogens with zero attached hydrogens (tertiary/aromatic N) is 2. The van der Waals surface area contributed by atoms with Crippen LogP contribution in [0.1, 0.15) is 55.0 Å². The van der Waals surface area contributed by atoms with Gasteiger partial charge in [0.15, 0.2) is 0 Å². The third-order valence-corrected chi connectivity index (χ3v) is 5.40. The van der Waals surface area contributed by atoms with Crippen LogP contribution >= 0.6 is 0 Å². The summed E-state index contributed by atoms with van der Waals surface area (Å²) in [5.41, 5.74) is 1.47. The third kappa shape index (κ3) is 5.73. The minimum atomic E-state index is -0.809. The van der Waals surface area contributed by atoms with Crippen molar-refractivity contribution in [2.45, 2.75) is 52.2 Å². The van der Waals surface area contributed by atoms with Crippen molar-refractivity contribution < 1.29 is 14.3 Å². The molecule has 32 heavy (non-hydrogen) atoms. The average Bonchev–Trinajstić information content (AvgIpc) is 2.78. The van der Waals surface area contributed by atoms with Crippen molar-refractivity contribution >= 4 is 0 Å². The Balaban J connectivity index is 1.72. The second-order valence-electron chi connectivity index (χ2n) is 8.13. The molecular formula is C25H29FN2O4. The topological polar surface area (TPSA) is 73.5 Å². The number of benzene rings is 2. The maximum Gasteiger partial charge on any atom is 0.366 e. The normalized spacial score (nSPS) is 11.2. The number of aromatic nitrogens is 2. The number of ether oxygens (including phenoxy) is 1. The quantitative estimate of drug-likeness (QED) is 0.381. The Bertz CT molecular complexity index is 1140. The van der Waals surface area contributed by atoms with Gasteiger partial charge in [-0.1, -0.05) is 61.0 Å². The molecule has 2 aromatic carbocycles. The van der Waals surface area contributed by atoms with Gasteiger partial charge in [-0.25, -0.2) is 9.18 Å². The number of hydrogen-bond acceptors (Lipinski definition) is 4. The molecule has 0 aliphatic heterocycles. The lowest BCUT2D eigenvalue weighted by Crippen LogP contribution is -2.43. The lowest BCUT2D eigenvalue weighted by molar-refractivity contribution is 0.0589. The van der Waals surface area contributed by atoms with Gasteiger partial charge < -0.3 is 9.94 Å². The van der Waals surface area contributed by atoms with E-state index in [0.717, 1.165) is 30.4 Å². The zero-order valence-corrected chi connectivity index (χ0v) is 18.5. The Morgan fingerprint density at radius 1 is 0.969 bits per heavy atom. The summed E-state index contributed by atoms with van der Waals surface area (Å²) in [6.45, 7) is 4.07. The fourth-order valence-corrected chi connectivity index (χ4v) is 3.73. The van der Waals surface area contributed by atoms with Crippen molar-refractivity contribution in [3.8, 4) is 0 Å². The van der Waals surface area contributed by atoms with Crippen LogP contribution in [0.25, 0.3) is 0 Å². The van der Waals surface area contributed by atoms with Crippen LogP contribution in [-0.4, -0.2) is 21.1 Å². The Morgan fingerprint density at radius 2 is 1.66 bits per heavy atom. The zero-order chi connectivity index (χ0) is 23.1. The molecule has 6 nitrogen and oxygen atoms in total. The number of halogens is 1. The predicted octanol–water partition coefficient (Wildman–Crippen LogP) is 4.10. The molecule has 1 heterocycles. The molecule has 0 radical (unpaired) electrons. The fraction of sp³-hybridized carbons (Fsp3) is 0.360. The van der Waals surface area contributed by atoms with Gasteiger partial charge in [-0.15, -0.1) is 0 Å². The Labute approximate surface area is 186 Å². The molecule has 7 heteroatoms. The van der Waals surface area contributed by atoms with E-state index in [1.54, 1.807) is 12.1 Å². The molecule has 0 saturated carbocycles. The van der Waals surface area contributed by atoms with Crippen molar-refractivity contribution in [2.24, 2.45) is 0 Å². The Morgan fingerprint density at radius 3 is 2.31 bits per heavy atom. The van der Waals surface area contributed by atoms with Gasteiger partial charge in [0.05, 0.1) is 0 Å². The first-order chi connectivity index (χ1) is 15.4. The summed E-state index contributed by atoms with van der Waals surface area (Å²) >= 11 is 0. The van der Waals surface area contributed by atoms with Crippen molar-refractivity contribution in [1.29, 1.82) is 0 Å². The minimum absolute atomic E-state index is 0.0574. The highest BCUT2D eigenvalue weighted by Crippen LogP contribution is 2.18. The minimum Gasteiger partial charge on any atom is -0.421 e. The molecule has 3 rings (SSSR count). The van der Waals surface area contributed by atoms with Crippen molar-refractivity contribution in [3.05, 3.63) is 104 Å². The van der Waals surface area contributed by atoms with Gasteiger partial charge >= 0.3 is 5.69 Å². The maximum absolute atomic E-state index is 13.0. The van der Waals surface area contributed by atoms with E-state index in [9.17, 15) is 19.2 Å². The molecule has 0 bridgehead atoms. The second-order valence-corrected chi connectivity index (χ2v) is 8.13. The van der Waals surface area contributed by atoms with Crippen LogP contribution in [-0.2, 0) is 24.3 Å². The van der Waals surface area contributed by atoms with E-state index in [1.165, 1.54) is 16.7 Å². The highest BCUT2D eigenvalue weighted by molar-refractivity contribution is 5.29. The monoisotopic (exact) mass is 440 g/mol. The van der Waals surface area contributed by atoms with Crippen molar-refractivity contribution in [3.63, 3.8) is 0 Å². The smallest absolute Gasteiger partial charge is 0.366 e. The molecule has 170 valence electrons. The van der Waals surface area contributed by atoms with E-state index in [4.69, 9.17) is 4.74 Å². The van der Waals surface area contributed by atoms with Crippen LogP contribution < -0.4 is 11.2 Å². The number of aryl methyl sites for hydroxylation is 1. The molecule has 0 spiro atoms. The van der Waals surface area contributed by atoms with Crippen molar-refractivity contribution in [1.82, 2.24) is 9.30 Å². The molecule has 1 N–H and O–H groups in total. The van der Waals surface area contributed by atoms with Gasteiger partial charge in [0.1, 0.15) is 12.5 Å². The summed E-state index contributed by atoms with van der Waals surface area (Å²) in [6, 6.07) is 16.0. The van der Waals surface area contributed by atoms with E-state index >= 15 is 0 Å². The second kappa shape index (κ2) is 10.9. The highest BCUT2D eigenvalue weighted by atomic mass is 19.1. The molecule has 0 aliphatic carbocycles. The molecular weight excluding hydrogens is 411 g/mol. The molecule has 0 fully saturated rings. The lowest BCUT2D eigenvalue weighted by atomic mass is 9.98. The van der Waals surface area contributed by atoms with Crippen LogP contribution in [0, 0.1) is 5.82 Å². The number of unbranched alkanes of at least 4 members (excludes halogenated alkanes) is 1. The zero-order valence-electron chi connectivity index (χ0n) is 18.5. The van der Waals surface area contributed by atoms with E-state index in [0.29, 0.717) is 24.3 Å². The van der Waals surface area contributed by atoms with E-state index in [1.807, 2.05) is 44.2 Å². The van der Waals surface area contributed by atoms with E-state index in [2.05, 4.69) is 0 Å². The van der Waals surface area contributed by atoms with E-state index in [-0.39, 0.29) is 23.2 Å². The Kier molecular flexibility index (Phi) is 8.00. The third-order valence-electron chi connectivity index (χ3n) is 5.40. The van der Waals surface area contributed by atoms with Crippen molar-refractivity contribution in [2.75, 3.05) is 6.61 Å². The number of hydrogen-bond donors (Lipinski definition) is 1. The molecule has 0 atom stereocenters. The molecule has 3 aromatic rings. The van der Waals surface area contributed by atoms with Gasteiger partial charge in [-0.2, -0.15) is 0 Å². The predicted molar refractivity (Wildman–Crippen MR) is 121 cm³/mol. The Hall–Kier alpha value is -3.19. The molecule has 0 aliphatic rings. The number of rotatable bonds is 10. The van der Waals surface area contributed by atoms with Crippen LogP contribution in [0.5, 0.6) is 0 Å². The van der Waals surface area contributed by atoms with Crippen LogP contribution in [0.3, 0.4) is 0 Å². The van der Waals surface area contributed by atoms with Gasteiger partial charge in [0, 0.05) is 24.3 Å². The highest BCUT2D eigenvalue weighted by Gasteiger charge is 2.21. The SMILES string of the molecule is CC(C)c1c(Cc2ccccc2)n(COCCCCc2ccc(F)cc2)c(=O)n(O)c1=O. The first kappa shape index (κ1) is 23.5. The van der Waals surface area contributed by atoms with Gasteiger partial charge in [0.2, 0.25) is 0 Å². The standard InChI is InChI=1S/C25H29FN2O4/c1-18(2)23-22(16-20-9-4-3-5-10-20)27(25(30)28(31)24(23)29)17-32-15-7-6-8-19-11-13-21(26)14-12-19/h3-5,9-14,18,31H,6-8,15-17H2,1-2H3. The summed E-state index contributed by atoms with van der Waals surface area (Å²) in [4.78, 5) is 25.3. The van der Waals surface area contributed by atoms with Crippen LogP contribution in [0.2, 0.25) is 0 Å². The molecule has 0 saturated heterocycles. The summed E-state index contributed by atoms with van der Waals surface area (Å²) in [7, 11) is 0. The average molecular weight is 441 g/mol. The molecule has 0 unspecified atom stereocenters. The van der Waals surface area contributed by atoms with E-state index < -0.39 is 11.2 Å². The summed E-state index contributed by atoms with van der Waals surface area (Å²) in [6.07, 6.45) is 2.81. The molecule has 1 aromatic heterocycles. The maximum atomic E-state index is 13.0. The summed E-state index contributed by atoms with van der Waals surface area (Å²) < 4.78 is 20.2. The molecule has 0 amide bonds. The lowest BCUT2D eigenvalue weighted by Gasteiger charge is -2.19. The van der Waals surface area contributed by atoms with Gasteiger partial charge in [0.25, 0.3) is 5.56 Å². The van der Waals surface area contributed by atoms with Crippen LogP contribution in [0.4, 0.5) is 4.39 Å². The first-order valence-corrected chi connectivity index (χ1v) is 10.8. The van der Waals surface area contributed by atoms with Gasteiger partial charge in [-0.3, -0.25) is 9.36 Å². The largest absolute Gasteiger partial charge is 0.421 e. The fourth-order valence-electron chi connectivity index (χ4n) is 3.73. The summed E-state index contributed by atoms with van der Waals surface area (Å²) in [5, 5.41) is 10.1.